The van der Waals surface area contributed by atoms with Crippen LogP contribution in [0.2, 0.25) is 32.3 Å². The van der Waals surface area contributed by atoms with Crippen molar-refractivity contribution in [2.24, 2.45) is 0 Å². The third-order valence-corrected chi connectivity index (χ3v) is 3.36. The van der Waals surface area contributed by atoms with Gasteiger partial charge in [0.1, 0.15) is 8.07 Å². The highest BCUT2D eigenvalue weighted by molar-refractivity contribution is 6.85. The molecule has 0 aromatic rings. The van der Waals surface area contributed by atoms with Crippen molar-refractivity contribution in [2.75, 3.05) is 0 Å². The molecule has 0 aromatic heterocycles. The van der Waals surface area contributed by atoms with Crippen molar-refractivity contribution < 1.29 is 0 Å². The molecule has 0 unspecified atom stereocenters. The first-order chi connectivity index (χ1) is 6.99. The van der Waals surface area contributed by atoms with Crippen LogP contribution in [0.4, 0.5) is 0 Å². The Morgan fingerprint density at radius 1 is 0.933 bits per heavy atom. The Morgan fingerprint density at radius 2 is 1.40 bits per heavy atom. The van der Waals surface area contributed by atoms with Gasteiger partial charge in [0.25, 0.3) is 0 Å². The molecular weight excluding hydrogens is 195 g/mol. The first-order valence-electron chi connectivity index (χ1n) is 6.52. The molecule has 15 heavy (non-hydrogen) atoms. The third kappa shape index (κ3) is 10.1. The summed E-state index contributed by atoms with van der Waals surface area (Å²) in [6, 6.07) is 0. The SMILES string of the molecule is CCCCB(C#C[Si](C)(C)C)CCCC. The highest BCUT2D eigenvalue weighted by Gasteiger charge is 2.12. The summed E-state index contributed by atoms with van der Waals surface area (Å²) in [5, 5.41) is 0. The van der Waals surface area contributed by atoms with Gasteiger partial charge in [-0.15, -0.1) is 5.54 Å². The molecule has 0 saturated heterocycles. The monoisotopic (exact) mass is 222 g/mol. The van der Waals surface area contributed by atoms with Crippen LogP contribution in [-0.4, -0.2) is 14.8 Å². The van der Waals surface area contributed by atoms with Gasteiger partial charge in [-0.25, -0.2) is 0 Å². The van der Waals surface area contributed by atoms with Crippen molar-refractivity contribution in [2.45, 2.75) is 71.8 Å². The van der Waals surface area contributed by atoms with Crippen LogP contribution in [0.5, 0.6) is 0 Å². The topological polar surface area (TPSA) is 0 Å². The summed E-state index contributed by atoms with van der Waals surface area (Å²) in [6.45, 7) is 12.2. The molecular formula is C13H27BSi. The molecule has 0 spiro atoms. The van der Waals surface area contributed by atoms with Crippen LogP contribution in [-0.2, 0) is 0 Å². The van der Waals surface area contributed by atoms with E-state index in [-0.39, 0.29) is 0 Å². The van der Waals surface area contributed by atoms with Crippen LogP contribution < -0.4 is 0 Å². The zero-order valence-electron chi connectivity index (χ0n) is 11.3. The number of unbranched alkanes of at least 4 members (excludes halogenated alkanes) is 2. The Labute approximate surface area is 98.3 Å². The molecule has 0 aliphatic rings. The maximum atomic E-state index is 3.54. The predicted molar refractivity (Wildman–Crippen MR) is 76.3 cm³/mol. The molecule has 0 rings (SSSR count). The largest absolute Gasteiger partial charge is 0.230 e. The summed E-state index contributed by atoms with van der Waals surface area (Å²) in [5.41, 5.74) is 3.53. The van der Waals surface area contributed by atoms with E-state index < -0.39 is 8.07 Å². The zero-order valence-corrected chi connectivity index (χ0v) is 12.3. The summed E-state index contributed by atoms with van der Waals surface area (Å²) in [7, 11) is -1.16. The van der Waals surface area contributed by atoms with E-state index in [0.29, 0.717) is 6.71 Å². The lowest BCUT2D eigenvalue weighted by atomic mass is 9.45. The van der Waals surface area contributed by atoms with Gasteiger partial charge >= 0.3 is 0 Å². The van der Waals surface area contributed by atoms with Gasteiger partial charge in [0, 0.05) is 0 Å². The fraction of sp³-hybridized carbons (Fsp3) is 0.846. The Morgan fingerprint density at radius 3 is 1.73 bits per heavy atom. The average Bonchev–Trinajstić information content (AvgIpc) is 2.15. The second-order valence-electron chi connectivity index (χ2n) is 5.50. The highest BCUT2D eigenvalue weighted by Crippen LogP contribution is 2.09. The Hall–Kier alpha value is -0.158. The second kappa shape index (κ2) is 8.05. The fourth-order valence-electron chi connectivity index (χ4n) is 1.51. The average molecular weight is 222 g/mol. The standard InChI is InChI=1S/C13H27BSi/c1-6-8-10-14(11-9-7-2)12-13-15(3,4)5/h6-11H2,1-5H3. The van der Waals surface area contributed by atoms with E-state index in [2.05, 4.69) is 44.9 Å². The van der Waals surface area contributed by atoms with E-state index in [4.69, 9.17) is 0 Å². The van der Waals surface area contributed by atoms with Crippen LogP contribution in [0.3, 0.4) is 0 Å². The predicted octanol–water partition coefficient (Wildman–Crippen LogP) is 4.50. The second-order valence-corrected chi connectivity index (χ2v) is 10.3. The van der Waals surface area contributed by atoms with Crippen molar-refractivity contribution in [3.8, 4) is 11.4 Å². The lowest BCUT2D eigenvalue weighted by Gasteiger charge is -2.08. The number of rotatable bonds is 6. The lowest BCUT2D eigenvalue weighted by Crippen LogP contribution is -2.19. The Kier molecular flexibility index (Phi) is 7.96. The van der Waals surface area contributed by atoms with Gasteiger partial charge < -0.3 is 0 Å². The molecule has 0 radical (unpaired) electrons. The van der Waals surface area contributed by atoms with Crippen LogP contribution in [0, 0.1) is 11.4 Å². The minimum absolute atomic E-state index is 0.677. The molecule has 0 N–H and O–H groups in total. The van der Waals surface area contributed by atoms with E-state index in [1.165, 1.54) is 38.3 Å². The van der Waals surface area contributed by atoms with Crippen molar-refractivity contribution in [1.29, 1.82) is 0 Å². The molecule has 0 aliphatic carbocycles. The number of hydrogen-bond donors (Lipinski definition) is 0. The van der Waals surface area contributed by atoms with E-state index in [1.807, 2.05) is 0 Å². The summed E-state index contributed by atoms with van der Waals surface area (Å²) >= 11 is 0. The Balaban J connectivity index is 4.14. The molecule has 0 aliphatic heterocycles. The van der Waals surface area contributed by atoms with Gasteiger partial charge in [0.05, 0.1) is 0 Å². The molecule has 86 valence electrons. The molecule has 0 fully saturated rings. The molecule has 0 bridgehead atoms. The molecule has 0 saturated carbocycles. The summed E-state index contributed by atoms with van der Waals surface area (Å²) in [5.74, 6) is 3.54. The molecule has 0 nitrogen and oxygen atoms in total. The lowest BCUT2D eigenvalue weighted by molar-refractivity contribution is 0.846. The maximum absolute atomic E-state index is 3.54. The van der Waals surface area contributed by atoms with Crippen molar-refractivity contribution >= 4 is 14.8 Å². The fourth-order valence-corrected chi connectivity index (χ4v) is 2.15. The van der Waals surface area contributed by atoms with E-state index in [0.717, 1.165) is 0 Å². The van der Waals surface area contributed by atoms with Crippen LogP contribution >= 0.6 is 0 Å². The van der Waals surface area contributed by atoms with Gasteiger partial charge in [-0.05, 0) is 0 Å². The normalized spacial score (nSPS) is 10.7. The molecule has 2 heteroatoms. The summed E-state index contributed by atoms with van der Waals surface area (Å²) in [6.07, 6.45) is 7.92. The van der Waals surface area contributed by atoms with Gasteiger partial charge in [0.2, 0.25) is 6.71 Å². The van der Waals surface area contributed by atoms with Crippen LogP contribution in [0.15, 0.2) is 0 Å². The first-order valence-corrected chi connectivity index (χ1v) is 10.0. The van der Waals surface area contributed by atoms with Gasteiger partial charge in [-0.3, -0.25) is 0 Å². The molecule has 0 amide bonds. The maximum Gasteiger partial charge on any atom is 0.230 e. The Bertz CT molecular complexity index is 199. The van der Waals surface area contributed by atoms with Gasteiger partial charge in [-0.2, -0.15) is 5.82 Å². The summed E-state index contributed by atoms with van der Waals surface area (Å²) < 4.78 is 0. The quantitative estimate of drug-likeness (QED) is 0.458. The smallest absolute Gasteiger partial charge is 0.162 e. The summed E-state index contributed by atoms with van der Waals surface area (Å²) in [4.78, 5) is 0. The van der Waals surface area contributed by atoms with E-state index in [1.54, 1.807) is 0 Å². The molecule has 0 atom stereocenters. The first kappa shape index (κ1) is 14.8. The third-order valence-electron chi connectivity index (χ3n) is 2.46. The number of hydrogen-bond acceptors (Lipinski definition) is 0. The van der Waals surface area contributed by atoms with Crippen molar-refractivity contribution in [3.63, 3.8) is 0 Å². The van der Waals surface area contributed by atoms with Gasteiger partial charge in [0.15, 0.2) is 0 Å². The van der Waals surface area contributed by atoms with Crippen LogP contribution in [0.1, 0.15) is 39.5 Å². The minimum Gasteiger partial charge on any atom is -0.162 e. The van der Waals surface area contributed by atoms with E-state index >= 15 is 0 Å². The van der Waals surface area contributed by atoms with E-state index in [9.17, 15) is 0 Å². The molecule has 0 heterocycles. The zero-order chi connectivity index (χ0) is 11.7. The van der Waals surface area contributed by atoms with Crippen molar-refractivity contribution in [3.05, 3.63) is 0 Å². The highest BCUT2D eigenvalue weighted by atomic mass is 28.3. The van der Waals surface area contributed by atoms with Gasteiger partial charge in [-0.1, -0.05) is 71.8 Å². The van der Waals surface area contributed by atoms with Crippen molar-refractivity contribution in [1.82, 2.24) is 0 Å². The molecule has 0 aromatic carbocycles. The van der Waals surface area contributed by atoms with Crippen LogP contribution in [0.25, 0.3) is 0 Å². The minimum atomic E-state index is -1.16.